The zero-order chi connectivity index (χ0) is 10.7. The highest BCUT2D eigenvalue weighted by atomic mass is 14.9. The standard InChI is InChI=1S/C13H26N2/c1-13(8-2-3-9-13)10-15-12-6-4-11(14)5-7-12/h11-12,15H,2-10,14H2,1H3. The monoisotopic (exact) mass is 210 g/mol. The highest BCUT2D eigenvalue weighted by molar-refractivity contribution is 4.85. The predicted octanol–water partition coefficient (Wildman–Crippen LogP) is 2.43. The van der Waals surface area contributed by atoms with Crippen LogP contribution in [0.5, 0.6) is 0 Å². The molecule has 2 rings (SSSR count). The fraction of sp³-hybridized carbons (Fsp3) is 1.00. The van der Waals surface area contributed by atoms with Gasteiger partial charge in [0.25, 0.3) is 0 Å². The summed E-state index contributed by atoms with van der Waals surface area (Å²) in [6, 6.07) is 1.23. The van der Waals surface area contributed by atoms with Crippen molar-refractivity contribution in [3.63, 3.8) is 0 Å². The molecule has 0 bridgehead atoms. The summed E-state index contributed by atoms with van der Waals surface area (Å²) in [5.74, 6) is 0. The first-order valence-corrected chi connectivity index (χ1v) is 6.67. The largest absolute Gasteiger partial charge is 0.328 e. The van der Waals surface area contributed by atoms with E-state index in [0.717, 1.165) is 6.04 Å². The summed E-state index contributed by atoms with van der Waals surface area (Å²) in [4.78, 5) is 0. The molecule has 88 valence electrons. The molecule has 0 radical (unpaired) electrons. The summed E-state index contributed by atoms with van der Waals surface area (Å²) in [5.41, 5.74) is 6.51. The van der Waals surface area contributed by atoms with Crippen LogP contribution < -0.4 is 11.1 Å². The van der Waals surface area contributed by atoms with Crippen molar-refractivity contribution in [2.45, 2.75) is 70.4 Å². The second kappa shape index (κ2) is 4.84. The minimum Gasteiger partial charge on any atom is -0.328 e. The Morgan fingerprint density at radius 1 is 1.13 bits per heavy atom. The van der Waals surface area contributed by atoms with Gasteiger partial charge in [-0.25, -0.2) is 0 Å². The molecule has 0 spiro atoms. The topological polar surface area (TPSA) is 38.0 Å². The van der Waals surface area contributed by atoms with Gasteiger partial charge < -0.3 is 11.1 Å². The van der Waals surface area contributed by atoms with E-state index >= 15 is 0 Å². The Labute approximate surface area is 94.0 Å². The van der Waals surface area contributed by atoms with Crippen LogP contribution in [-0.2, 0) is 0 Å². The Hall–Kier alpha value is -0.0800. The molecule has 0 aromatic carbocycles. The molecule has 0 unspecified atom stereocenters. The molecule has 15 heavy (non-hydrogen) atoms. The van der Waals surface area contributed by atoms with Gasteiger partial charge in [0.2, 0.25) is 0 Å². The van der Waals surface area contributed by atoms with Gasteiger partial charge in [-0.1, -0.05) is 19.8 Å². The van der Waals surface area contributed by atoms with Gasteiger partial charge in [-0.3, -0.25) is 0 Å². The van der Waals surface area contributed by atoms with Crippen LogP contribution in [-0.4, -0.2) is 18.6 Å². The normalized spacial score (nSPS) is 35.6. The molecule has 0 saturated heterocycles. The molecule has 0 aromatic rings. The third-order valence-electron chi connectivity index (χ3n) is 4.40. The van der Waals surface area contributed by atoms with E-state index in [9.17, 15) is 0 Å². The Balaban J connectivity index is 1.69. The Morgan fingerprint density at radius 3 is 2.33 bits per heavy atom. The first-order chi connectivity index (χ1) is 7.18. The van der Waals surface area contributed by atoms with Gasteiger partial charge in [-0.05, 0) is 43.9 Å². The number of nitrogens with two attached hydrogens (primary N) is 1. The van der Waals surface area contributed by atoms with Gasteiger partial charge >= 0.3 is 0 Å². The van der Waals surface area contributed by atoms with Crippen LogP contribution in [0.2, 0.25) is 0 Å². The van der Waals surface area contributed by atoms with E-state index in [1.165, 1.54) is 57.9 Å². The van der Waals surface area contributed by atoms with Gasteiger partial charge in [-0.2, -0.15) is 0 Å². The minimum absolute atomic E-state index is 0.477. The maximum atomic E-state index is 5.91. The predicted molar refractivity (Wildman–Crippen MR) is 64.8 cm³/mol. The highest BCUT2D eigenvalue weighted by Crippen LogP contribution is 2.37. The lowest BCUT2D eigenvalue weighted by molar-refractivity contribution is 0.265. The SMILES string of the molecule is CC1(CNC2CCC(N)CC2)CCCC1. The molecular formula is C13H26N2. The average Bonchev–Trinajstić information content (AvgIpc) is 2.65. The summed E-state index contributed by atoms with van der Waals surface area (Å²) in [6.07, 6.45) is 10.7. The molecule has 2 saturated carbocycles. The summed E-state index contributed by atoms with van der Waals surface area (Å²) >= 11 is 0. The van der Waals surface area contributed by atoms with Gasteiger partial charge in [0.05, 0.1) is 0 Å². The number of hydrogen-bond donors (Lipinski definition) is 2. The molecule has 2 aliphatic carbocycles. The second-order valence-corrected chi connectivity index (χ2v) is 6.01. The fourth-order valence-electron chi connectivity index (χ4n) is 3.12. The molecule has 0 aliphatic heterocycles. The first-order valence-electron chi connectivity index (χ1n) is 6.67. The molecule has 0 amide bonds. The van der Waals surface area contributed by atoms with E-state index in [-0.39, 0.29) is 0 Å². The van der Waals surface area contributed by atoms with Crippen LogP contribution >= 0.6 is 0 Å². The fourth-order valence-corrected chi connectivity index (χ4v) is 3.12. The van der Waals surface area contributed by atoms with Crippen molar-refractivity contribution in [2.75, 3.05) is 6.54 Å². The zero-order valence-corrected chi connectivity index (χ0v) is 10.1. The Morgan fingerprint density at radius 2 is 1.73 bits per heavy atom. The molecular weight excluding hydrogens is 184 g/mol. The van der Waals surface area contributed by atoms with Crippen LogP contribution in [0.3, 0.4) is 0 Å². The summed E-state index contributed by atoms with van der Waals surface area (Å²) < 4.78 is 0. The van der Waals surface area contributed by atoms with Crippen molar-refractivity contribution in [3.05, 3.63) is 0 Å². The molecule has 3 N–H and O–H groups in total. The summed E-state index contributed by atoms with van der Waals surface area (Å²) in [6.45, 7) is 3.68. The number of rotatable bonds is 3. The lowest BCUT2D eigenvalue weighted by Crippen LogP contribution is -2.41. The van der Waals surface area contributed by atoms with Gasteiger partial charge in [-0.15, -0.1) is 0 Å². The smallest absolute Gasteiger partial charge is 0.00684 e. The van der Waals surface area contributed by atoms with Crippen LogP contribution in [0.1, 0.15) is 58.3 Å². The maximum absolute atomic E-state index is 5.91. The van der Waals surface area contributed by atoms with Gasteiger partial charge in [0.1, 0.15) is 0 Å². The second-order valence-electron chi connectivity index (χ2n) is 6.01. The average molecular weight is 210 g/mol. The number of hydrogen-bond acceptors (Lipinski definition) is 2. The maximum Gasteiger partial charge on any atom is 0.00684 e. The quantitative estimate of drug-likeness (QED) is 0.751. The summed E-state index contributed by atoms with van der Waals surface area (Å²) in [7, 11) is 0. The summed E-state index contributed by atoms with van der Waals surface area (Å²) in [5, 5.41) is 3.77. The third kappa shape index (κ3) is 3.18. The molecule has 2 nitrogen and oxygen atoms in total. The van der Waals surface area contributed by atoms with Crippen molar-refractivity contribution in [2.24, 2.45) is 11.1 Å². The van der Waals surface area contributed by atoms with Crippen molar-refractivity contribution in [1.29, 1.82) is 0 Å². The van der Waals surface area contributed by atoms with Gasteiger partial charge in [0, 0.05) is 18.6 Å². The lowest BCUT2D eigenvalue weighted by atomic mass is 9.87. The van der Waals surface area contributed by atoms with Crippen molar-refractivity contribution < 1.29 is 0 Å². The molecule has 2 aliphatic rings. The Kier molecular flexibility index (Phi) is 3.68. The third-order valence-corrected chi connectivity index (χ3v) is 4.40. The minimum atomic E-state index is 0.477. The first kappa shape index (κ1) is 11.4. The molecule has 0 heterocycles. The van der Waals surface area contributed by atoms with E-state index < -0.39 is 0 Å². The van der Waals surface area contributed by atoms with Crippen LogP contribution in [0.25, 0.3) is 0 Å². The van der Waals surface area contributed by atoms with E-state index in [2.05, 4.69) is 12.2 Å². The van der Waals surface area contributed by atoms with E-state index in [0.29, 0.717) is 11.5 Å². The number of nitrogens with one attached hydrogen (secondary N) is 1. The Bertz CT molecular complexity index is 189. The highest BCUT2D eigenvalue weighted by Gasteiger charge is 2.29. The van der Waals surface area contributed by atoms with Crippen LogP contribution in [0.15, 0.2) is 0 Å². The van der Waals surface area contributed by atoms with Crippen molar-refractivity contribution in [1.82, 2.24) is 5.32 Å². The van der Waals surface area contributed by atoms with Gasteiger partial charge in [0.15, 0.2) is 0 Å². The zero-order valence-electron chi connectivity index (χ0n) is 10.1. The molecule has 0 atom stereocenters. The van der Waals surface area contributed by atoms with Crippen LogP contribution in [0, 0.1) is 5.41 Å². The molecule has 0 aromatic heterocycles. The molecule has 2 heteroatoms. The molecule has 2 fully saturated rings. The van der Waals surface area contributed by atoms with E-state index in [4.69, 9.17) is 5.73 Å². The van der Waals surface area contributed by atoms with E-state index in [1.807, 2.05) is 0 Å². The van der Waals surface area contributed by atoms with Crippen molar-refractivity contribution >= 4 is 0 Å². The van der Waals surface area contributed by atoms with Crippen molar-refractivity contribution in [3.8, 4) is 0 Å². The van der Waals surface area contributed by atoms with Crippen LogP contribution in [0.4, 0.5) is 0 Å². The van der Waals surface area contributed by atoms with E-state index in [1.54, 1.807) is 0 Å². The lowest BCUT2D eigenvalue weighted by Gasteiger charge is -2.31.